The van der Waals surface area contributed by atoms with Gasteiger partial charge in [0.1, 0.15) is 5.75 Å². The van der Waals surface area contributed by atoms with Crippen LogP contribution in [0, 0.1) is 0 Å². The minimum atomic E-state index is -0.689. The third-order valence-electron chi connectivity index (χ3n) is 5.03. The number of amides is 3. The molecule has 0 fully saturated rings. The predicted molar refractivity (Wildman–Crippen MR) is 134 cm³/mol. The van der Waals surface area contributed by atoms with Crippen LogP contribution in [0.3, 0.4) is 0 Å². The van der Waals surface area contributed by atoms with Crippen LogP contribution in [-0.2, 0) is 11.2 Å². The normalized spacial score (nSPS) is 10.5. The van der Waals surface area contributed by atoms with Crippen molar-refractivity contribution in [2.24, 2.45) is 0 Å². The van der Waals surface area contributed by atoms with Gasteiger partial charge in [-0.3, -0.25) is 15.1 Å². The Morgan fingerprint density at radius 3 is 2.37 bits per heavy atom. The second kappa shape index (κ2) is 10.7. The van der Waals surface area contributed by atoms with Gasteiger partial charge in [0.2, 0.25) is 11.8 Å². The standard InChI is InChI=1S/C25H22N4O5S/c1-32-21-13-18-19(14-22(21)33-2)26-11-10-20(18)34-24-9-8-17(15-27-24)29(35)25(31)28-23(30)12-16-6-4-3-5-7-16/h3-11,13-15,35H,12H2,1-2H3,(H,28,30,31). The second-order valence-electron chi connectivity index (χ2n) is 7.32. The number of fused-ring (bicyclic) bond motifs is 1. The van der Waals surface area contributed by atoms with Crippen molar-refractivity contribution in [2.45, 2.75) is 6.42 Å². The summed E-state index contributed by atoms with van der Waals surface area (Å²) in [5.74, 6) is 1.47. The average molecular weight is 491 g/mol. The number of anilines is 1. The third kappa shape index (κ3) is 5.61. The lowest BCUT2D eigenvalue weighted by Gasteiger charge is -2.16. The van der Waals surface area contributed by atoms with Gasteiger partial charge in [0.05, 0.1) is 38.0 Å². The molecule has 0 atom stereocenters. The molecule has 1 N–H and O–H groups in total. The number of carbonyl (C=O) groups excluding carboxylic acids is 2. The molecule has 0 radical (unpaired) electrons. The molecule has 178 valence electrons. The van der Waals surface area contributed by atoms with Crippen molar-refractivity contribution in [1.29, 1.82) is 0 Å². The molecule has 35 heavy (non-hydrogen) atoms. The van der Waals surface area contributed by atoms with Crippen molar-refractivity contribution in [2.75, 3.05) is 18.5 Å². The van der Waals surface area contributed by atoms with Crippen molar-refractivity contribution in [3.8, 4) is 23.1 Å². The molecule has 4 rings (SSSR count). The van der Waals surface area contributed by atoms with Crippen molar-refractivity contribution in [3.05, 3.63) is 78.6 Å². The summed E-state index contributed by atoms with van der Waals surface area (Å²) >= 11 is 4.19. The van der Waals surface area contributed by atoms with Gasteiger partial charge in [0, 0.05) is 23.7 Å². The van der Waals surface area contributed by atoms with E-state index in [1.165, 1.54) is 6.20 Å². The van der Waals surface area contributed by atoms with Gasteiger partial charge in [-0.25, -0.2) is 14.1 Å². The Kier molecular flexibility index (Phi) is 7.32. The van der Waals surface area contributed by atoms with Crippen LogP contribution in [0.2, 0.25) is 0 Å². The summed E-state index contributed by atoms with van der Waals surface area (Å²) in [5, 5.41) is 3.02. The maximum atomic E-state index is 12.4. The molecule has 2 aromatic carbocycles. The van der Waals surface area contributed by atoms with Gasteiger partial charge in [-0.2, -0.15) is 0 Å². The van der Waals surface area contributed by atoms with Crippen LogP contribution in [0.25, 0.3) is 10.9 Å². The van der Waals surface area contributed by atoms with Crippen molar-refractivity contribution in [1.82, 2.24) is 15.3 Å². The van der Waals surface area contributed by atoms with E-state index >= 15 is 0 Å². The monoisotopic (exact) mass is 490 g/mol. The quantitative estimate of drug-likeness (QED) is 0.366. The molecule has 10 heteroatoms. The third-order valence-corrected chi connectivity index (χ3v) is 5.45. The van der Waals surface area contributed by atoms with Crippen LogP contribution >= 0.6 is 12.8 Å². The highest BCUT2D eigenvalue weighted by molar-refractivity contribution is 7.82. The van der Waals surface area contributed by atoms with Crippen LogP contribution in [0.4, 0.5) is 10.5 Å². The number of methoxy groups -OCH3 is 2. The van der Waals surface area contributed by atoms with E-state index in [-0.39, 0.29) is 6.42 Å². The zero-order chi connectivity index (χ0) is 24.8. The van der Waals surface area contributed by atoms with E-state index in [9.17, 15) is 9.59 Å². The zero-order valence-electron chi connectivity index (χ0n) is 19.0. The number of hydrogen-bond donors (Lipinski definition) is 2. The van der Waals surface area contributed by atoms with Crippen LogP contribution in [0.1, 0.15) is 5.56 Å². The number of urea groups is 1. The van der Waals surface area contributed by atoms with Crippen molar-refractivity contribution >= 4 is 41.3 Å². The van der Waals surface area contributed by atoms with Crippen molar-refractivity contribution < 1.29 is 23.8 Å². The molecule has 3 amide bonds. The van der Waals surface area contributed by atoms with E-state index in [0.717, 1.165) is 9.87 Å². The van der Waals surface area contributed by atoms with Gasteiger partial charge in [-0.05, 0) is 23.8 Å². The van der Waals surface area contributed by atoms with E-state index in [4.69, 9.17) is 14.2 Å². The van der Waals surface area contributed by atoms with Crippen LogP contribution < -0.4 is 23.8 Å². The lowest BCUT2D eigenvalue weighted by atomic mass is 10.1. The molecule has 0 unspecified atom stereocenters. The maximum absolute atomic E-state index is 12.4. The number of carbonyl (C=O) groups is 2. The first-order valence-electron chi connectivity index (χ1n) is 10.5. The summed E-state index contributed by atoms with van der Waals surface area (Å²) in [5.41, 5.74) is 1.82. The SMILES string of the molecule is COc1cc2nccc(Oc3ccc(N(S)C(=O)NC(=O)Cc4ccccc4)cn3)c2cc1OC. The van der Waals surface area contributed by atoms with E-state index in [2.05, 4.69) is 28.1 Å². The number of nitrogens with one attached hydrogen (secondary N) is 1. The largest absolute Gasteiger partial charge is 0.493 e. The highest BCUT2D eigenvalue weighted by atomic mass is 32.1. The first-order valence-corrected chi connectivity index (χ1v) is 10.9. The van der Waals surface area contributed by atoms with Gasteiger partial charge >= 0.3 is 6.03 Å². The van der Waals surface area contributed by atoms with Crippen LogP contribution in [0.15, 0.2) is 73.1 Å². The Hall–Kier alpha value is -4.31. The van der Waals surface area contributed by atoms with Crippen LogP contribution in [0.5, 0.6) is 23.1 Å². The predicted octanol–water partition coefficient (Wildman–Crippen LogP) is 4.57. The number of pyridine rings is 2. The molecule has 0 saturated carbocycles. The fourth-order valence-electron chi connectivity index (χ4n) is 3.32. The molecule has 4 aromatic rings. The summed E-state index contributed by atoms with van der Waals surface area (Å²) in [6.45, 7) is 0. The molecule has 0 aliphatic rings. The first-order chi connectivity index (χ1) is 17.0. The fraction of sp³-hybridized carbons (Fsp3) is 0.120. The lowest BCUT2D eigenvalue weighted by molar-refractivity contribution is -0.119. The number of benzene rings is 2. The summed E-state index contributed by atoms with van der Waals surface area (Å²) in [7, 11) is 3.11. The number of aromatic nitrogens is 2. The summed E-state index contributed by atoms with van der Waals surface area (Å²) in [6, 6.07) is 16.9. The number of nitrogens with zero attached hydrogens (tertiary/aromatic N) is 3. The Morgan fingerprint density at radius 1 is 0.943 bits per heavy atom. The zero-order valence-corrected chi connectivity index (χ0v) is 19.9. The molecule has 2 heterocycles. The fourth-order valence-corrected chi connectivity index (χ4v) is 3.49. The van der Waals surface area contributed by atoms with E-state index in [1.54, 1.807) is 50.7 Å². The molecule has 0 bridgehead atoms. The Labute approximate surface area is 207 Å². The molecule has 0 saturated heterocycles. The molecule has 0 spiro atoms. The average Bonchev–Trinajstić information content (AvgIpc) is 2.88. The Balaban J connectivity index is 1.44. The highest BCUT2D eigenvalue weighted by Crippen LogP contribution is 2.36. The number of hydrogen-bond acceptors (Lipinski definition) is 8. The van der Waals surface area contributed by atoms with E-state index < -0.39 is 11.9 Å². The smallest absolute Gasteiger partial charge is 0.338 e. The number of thiol groups is 1. The minimum Gasteiger partial charge on any atom is -0.493 e. The van der Waals surface area contributed by atoms with E-state index in [0.29, 0.717) is 39.7 Å². The summed E-state index contributed by atoms with van der Waals surface area (Å²) in [4.78, 5) is 33.2. The van der Waals surface area contributed by atoms with Crippen LogP contribution in [-0.4, -0.2) is 36.1 Å². The van der Waals surface area contributed by atoms with Crippen molar-refractivity contribution in [3.63, 3.8) is 0 Å². The molecular formula is C25H22N4O5S. The Morgan fingerprint density at radius 2 is 1.69 bits per heavy atom. The minimum absolute atomic E-state index is 0.0791. The molecule has 9 nitrogen and oxygen atoms in total. The second-order valence-corrected chi connectivity index (χ2v) is 7.72. The topological polar surface area (TPSA) is 103 Å². The van der Waals surface area contributed by atoms with Gasteiger partial charge in [-0.1, -0.05) is 43.1 Å². The first kappa shape index (κ1) is 23.8. The lowest BCUT2D eigenvalue weighted by Crippen LogP contribution is -2.39. The highest BCUT2D eigenvalue weighted by Gasteiger charge is 2.17. The maximum Gasteiger partial charge on any atom is 0.338 e. The molecule has 0 aliphatic heterocycles. The Bertz CT molecular complexity index is 1350. The number of ether oxygens (including phenoxy) is 3. The summed E-state index contributed by atoms with van der Waals surface area (Å²) in [6.07, 6.45) is 3.11. The van der Waals surface area contributed by atoms with Gasteiger partial charge in [0.25, 0.3) is 0 Å². The van der Waals surface area contributed by atoms with E-state index in [1.807, 2.05) is 30.3 Å². The van der Waals surface area contributed by atoms with Gasteiger partial charge in [-0.15, -0.1) is 0 Å². The molecule has 2 aromatic heterocycles. The number of rotatable bonds is 7. The molecular weight excluding hydrogens is 468 g/mol. The van der Waals surface area contributed by atoms with Gasteiger partial charge in [0.15, 0.2) is 11.5 Å². The molecule has 0 aliphatic carbocycles. The van der Waals surface area contributed by atoms with Gasteiger partial charge < -0.3 is 14.2 Å². The summed E-state index contributed by atoms with van der Waals surface area (Å²) < 4.78 is 17.6. The number of imide groups is 1.